The van der Waals surface area contributed by atoms with Gasteiger partial charge in [-0.05, 0) is 29.5 Å². The largest absolute Gasteiger partial charge is 0.296 e. The molecule has 1 atom stereocenters. The number of piperazine rings is 1. The van der Waals surface area contributed by atoms with Crippen LogP contribution in [0, 0.1) is 0 Å². The summed E-state index contributed by atoms with van der Waals surface area (Å²) in [7, 11) is 0. The van der Waals surface area contributed by atoms with Gasteiger partial charge in [-0.15, -0.1) is 0 Å². The van der Waals surface area contributed by atoms with Crippen molar-refractivity contribution in [2.45, 2.75) is 32.0 Å². The lowest BCUT2D eigenvalue weighted by Gasteiger charge is -2.41. The molecule has 1 unspecified atom stereocenters. The fraction of sp³-hybridized carbons (Fsp3) is 0.286. The van der Waals surface area contributed by atoms with Crippen LogP contribution in [0.2, 0.25) is 0 Å². The summed E-state index contributed by atoms with van der Waals surface area (Å²) in [6.45, 7) is 5.51. The first-order valence-electron chi connectivity index (χ1n) is 11.1. The van der Waals surface area contributed by atoms with E-state index in [1.807, 2.05) is 0 Å². The lowest BCUT2D eigenvalue weighted by atomic mass is 10.0. The normalized spacial score (nSPS) is 18.1. The van der Waals surface area contributed by atoms with Gasteiger partial charge in [0, 0.05) is 38.8 Å². The molecule has 2 heteroatoms. The van der Waals surface area contributed by atoms with E-state index in [4.69, 9.17) is 0 Å². The molecule has 1 aliphatic heterocycles. The smallest absolute Gasteiger partial charge is 0.0237 e. The predicted octanol–water partition coefficient (Wildman–Crippen LogP) is 5.87. The van der Waals surface area contributed by atoms with Gasteiger partial charge in [-0.2, -0.15) is 0 Å². The molecule has 0 radical (unpaired) electrons. The zero-order chi connectivity index (χ0) is 20.4. The van der Waals surface area contributed by atoms with Crippen molar-refractivity contribution in [1.82, 2.24) is 9.80 Å². The second kappa shape index (κ2) is 10.9. The van der Waals surface area contributed by atoms with Crippen LogP contribution in [0.1, 0.15) is 29.5 Å². The summed E-state index contributed by atoms with van der Waals surface area (Å²) in [6, 6.07) is 33.0. The molecule has 1 saturated heterocycles. The van der Waals surface area contributed by atoms with Crippen LogP contribution in [0.15, 0.2) is 97.1 Å². The van der Waals surface area contributed by atoms with Crippen LogP contribution in [-0.2, 0) is 13.1 Å². The number of hydrogen-bond acceptors (Lipinski definition) is 2. The van der Waals surface area contributed by atoms with Crippen molar-refractivity contribution in [3.05, 3.63) is 114 Å². The Bertz CT molecular complexity index is 890. The Labute approximate surface area is 181 Å². The molecular weight excluding hydrogens is 364 g/mol. The molecule has 0 N–H and O–H groups in total. The first-order valence-corrected chi connectivity index (χ1v) is 11.1. The van der Waals surface area contributed by atoms with Crippen LogP contribution >= 0.6 is 0 Å². The van der Waals surface area contributed by atoms with Gasteiger partial charge in [0.05, 0.1) is 0 Å². The molecule has 0 aliphatic carbocycles. The van der Waals surface area contributed by atoms with Gasteiger partial charge in [0.1, 0.15) is 0 Å². The molecule has 3 aromatic rings. The monoisotopic (exact) mass is 396 g/mol. The number of benzene rings is 3. The van der Waals surface area contributed by atoms with E-state index >= 15 is 0 Å². The van der Waals surface area contributed by atoms with Crippen molar-refractivity contribution in [1.29, 1.82) is 0 Å². The van der Waals surface area contributed by atoms with E-state index in [1.54, 1.807) is 0 Å². The van der Waals surface area contributed by atoms with Crippen molar-refractivity contribution in [3.8, 4) is 0 Å². The maximum atomic E-state index is 2.69. The minimum absolute atomic E-state index is 0.586. The highest BCUT2D eigenvalue weighted by molar-refractivity contribution is 5.48. The van der Waals surface area contributed by atoms with Gasteiger partial charge in [-0.25, -0.2) is 0 Å². The van der Waals surface area contributed by atoms with E-state index < -0.39 is 0 Å². The van der Waals surface area contributed by atoms with Crippen molar-refractivity contribution in [3.63, 3.8) is 0 Å². The number of allylic oxidation sites excluding steroid dienone is 1. The minimum Gasteiger partial charge on any atom is -0.296 e. The first kappa shape index (κ1) is 20.6. The fourth-order valence-corrected chi connectivity index (χ4v) is 4.31. The fourth-order valence-electron chi connectivity index (χ4n) is 4.31. The van der Waals surface area contributed by atoms with Gasteiger partial charge in [-0.3, -0.25) is 9.80 Å². The molecule has 154 valence electrons. The van der Waals surface area contributed by atoms with Crippen LogP contribution < -0.4 is 0 Å². The van der Waals surface area contributed by atoms with E-state index in [9.17, 15) is 0 Å². The molecule has 0 bridgehead atoms. The van der Waals surface area contributed by atoms with Gasteiger partial charge in [0.15, 0.2) is 0 Å². The highest BCUT2D eigenvalue weighted by Gasteiger charge is 2.26. The third-order valence-electron chi connectivity index (χ3n) is 5.94. The van der Waals surface area contributed by atoms with E-state index in [0.29, 0.717) is 6.04 Å². The summed E-state index contributed by atoms with van der Waals surface area (Å²) in [4.78, 5) is 5.32. The summed E-state index contributed by atoms with van der Waals surface area (Å²) >= 11 is 0. The van der Waals surface area contributed by atoms with Crippen LogP contribution in [0.3, 0.4) is 0 Å². The Morgan fingerprint density at radius 2 is 1.30 bits per heavy atom. The summed E-state index contributed by atoms with van der Waals surface area (Å²) in [5, 5.41) is 0. The molecule has 1 fully saturated rings. The molecule has 0 aromatic heterocycles. The van der Waals surface area contributed by atoms with E-state index in [2.05, 4.69) is 113 Å². The molecule has 1 heterocycles. The first-order chi connectivity index (χ1) is 14.9. The van der Waals surface area contributed by atoms with Gasteiger partial charge < -0.3 is 0 Å². The summed E-state index contributed by atoms with van der Waals surface area (Å²) < 4.78 is 0. The molecular formula is C28H32N2. The zero-order valence-electron chi connectivity index (χ0n) is 17.7. The zero-order valence-corrected chi connectivity index (χ0v) is 17.7. The van der Waals surface area contributed by atoms with E-state index in [1.165, 1.54) is 23.1 Å². The Hall–Kier alpha value is -2.68. The Kier molecular flexibility index (Phi) is 7.49. The molecule has 0 amide bonds. The molecule has 0 spiro atoms. The topological polar surface area (TPSA) is 6.48 Å². The highest BCUT2D eigenvalue weighted by Crippen LogP contribution is 2.20. The average molecular weight is 397 g/mol. The molecule has 0 saturated carbocycles. The predicted molar refractivity (Wildman–Crippen MR) is 127 cm³/mol. The van der Waals surface area contributed by atoms with Crippen LogP contribution in [0.4, 0.5) is 0 Å². The minimum atomic E-state index is 0.586. The third-order valence-corrected chi connectivity index (χ3v) is 5.94. The van der Waals surface area contributed by atoms with Crippen LogP contribution in [-0.4, -0.2) is 35.5 Å². The standard InChI is InChI=1S/C28H32N2/c1-4-12-25(13-5-1)14-10-11-19-28-24-29(22-26-15-6-2-7-16-26)20-21-30(28)23-27-17-8-3-9-18-27/h1-10,12-18,28H,11,19-24H2/b14-10+. The molecule has 2 nitrogen and oxygen atoms in total. The Morgan fingerprint density at radius 1 is 0.700 bits per heavy atom. The molecule has 3 aromatic carbocycles. The Balaban J connectivity index is 1.38. The quantitative estimate of drug-likeness (QED) is 0.470. The second-order valence-electron chi connectivity index (χ2n) is 8.22. The van der Waals surface area contributed by atoms with Gasteiger partial charge in [0.2, 0.25) is 0 Å². The van der Waals surface area contributed by atoms with Crippen molar-refractivity contribution < 1.29 is 0 Å². The van der Waals surface area contributed by atoms with E-state index in [0.717, 1.165) is 39.1 Å². The van der Waals surface area contributed by atoms with Crippen molar-refractivity contribution in [2.75, 3.05) is 19.6 Å². The third kappa shape index (κ3) is 6.16. The van der Waals surface area contributed by atoms with Crippen LogP contribution in [0.25, 0.3) is 6.08 Å². The number of hydrogen-bond donors (Lipinski definition) is 0. The molecule has 1 aliphatic rings. The van der Waals surface area contributed by atoms with Gasteiger partial charge in [0.25, 0.3) is 0 Å². The maximum absolute atomic E-state index is 2.69. The molecule has 30 heavy (non-hydrogen) atoms. The lowest BCUT2D eigenvalue weighted by molar-refractivity contribution is 0.0600. The second-order valence-corrected chi connectivity index (χ2v) is 8.22. The van der Waals surface area contributed by atoms with Gasteiger partial charge >= 0.3 is 0 Å². The van der Waals surface area contributed by atoms with Crippen molar-refractivity contribution in [2.24, 2.45) is 0 Å². The van der Waals surface area contributed by atoms with Crippen LogP contribution in [0.5, 0.6) is 0 Å². The lowest BCUT2D eigenvalue weighted by Crippen LogP contribution is -2.52. The number of rotatable bonds is 8. The molecule has 4 rings (SSSR count). The maximum Gasteiger partial charge on any atom is 0.0237 e. The highest BCUT2D eigenvalue weighted by atomic mass is 15.3. The summed E-state index contributed by atoms with van der Waals surface area (Å²) in [5.74, 6) is 0. The SMILES string of the molecule is C(=C\c1ccccc1)/CCC1CN(Cc2ccccc2)CCN1Cc1ccccc1. The number of nitrogens with zero attached hydrogens (tertiary/aromatic N) is 2. The van der Waals surface area contributed by atoms with Crippen molar-refractivity contribution >= 4 is 6.08 Å². The summed E-state index contributed by atoms with van der Waals surface area (Å²) in [6.07, 6.45) is 6.91. The average Bonchev–Trinajstić information content (AvgIpc) is 2.80. The van der Waals surface area contributed by atoms with E-state index in [-0.39, 0.29) is 0 Å². The Morgan fingerprint density at radius 3 is 1.97 bits per heavy atom. The summed E-state index contributed by atoms with van der Waals surface area (Å²) in [5.41, 5.74) is 4.11. The van der Waals surface area contributed by atoms with Gasteiger partial charge in [-0.1, -0.05) is 103 Å².